The zero-order chi connectivity index (χ0) is 12.8. The first-order valence-corrected chi connectivity index (χ1v) is 5.73. The van der Waals surface area contributed by atoms with Crippen molar-refractivity contribution in [2.24, 2.45) is 0 Å². The van der Waals surface area contributed by atoms with Crippen LogP contribution in [0.1, 0.15) is 17.3 Å². The van der Waals surface area contributed by atoms with Crippen LogP contribution in [0.2, 0.25) is 0 Å². The van der Waals surface area contributed by atoms with Gasteiger partial charge in [0.1, 0.15) is 0 Å². The lowest BCUT2D eigenvalue weighted by Gasteiger charge is -2.05. The van der Waals surface area contributed by atoms with Crippen molar-refractivity contribution >= 4 is 23.7 Å². The van der Waals surface area contributed by atoms with Gasteiger partial charge in [0.2, 0.25) is 0 Å². The first-order valence-electron chi connectivity index (χ1n) is 4.91. The van der Waals surface area contributed by atoms with E-state index in [-0.39, 0.29) is 17.1 Å². The minimum atomic E-state index is -1.01. The quantitative estimate of drug-likeness (QED) is 0.495. The molecule has 1 aromatic carbocycles. The van der Waals surface area contributed by atoms with Crippen LogP contribution in [0.25, 0.3) is 0 Å². The summed E-state index contributed by atoms with van der Waals surface area (Å²) in [4.78, 5) is 22.9. The van der Waals surface area contributed by atoms with Crippen molar-refractivity contribution in [1.82, 2.24) is 0 Å². The fraction of sp³-hybridized carbons (Fsp3) is 0.167. The molecule has 1 aromatic rings. The van der Waals surface area contributed by atoms with Gasteiger partial charge in [0.05, 0.1) is 17.1 Å². The molecule has 0 aliphatic carbocycles. The summed E-state index contributed by atoms with van der Waals surface area (Å²) in [5.41, 5.74) is 0.173. The highest BCUT2D eigenvalue weighted by Crippen LogP contribution is 2.26. The summed E-state index contributed by atoms with van der Waals surface area (Å²) < 4.78 is 4.78. The monoisotopic (exact) mass is 252 g/mol. The highest BCUT2D eigenvalue weighted by Gasteiger charge is 2.10. The number of carboxylic acids is 1. The summed E-state index contributed by atoms with van der Waals surface area (Å²) in [6, 6.07) is 6.29. The van der Waals surface area contributed by atoms with Gasteiger partial charge in [0, 0.05) is 4.90 Å². The van der Waals surface area contributed by atoms with Crippen molar-refractivity contribution in [3.63, 3.8) is 0 Å². The lowest BCUT2D eigenvalue weighted by atomic mass is 10.2. The molecule has 0 aliphatic rings. The van der Waals surface area contributed by atoms with Gasteiger partial charge in [-0.2, -0.15) is 0 Å². The molecule has 0 fully saturated rings. The van der Waals surface area contributed by atoms with Crippen LogP contribution in [0.5, 0.6) is 0 Å². The van der Waals surface area contributed by atoms with Crippen LogP contribution >= 0.6 is 11.8 Å². The smallest absolute Gasteiger partial charge is 0.344 e. The second-order valence-electron chi connectivity index (χ2n) is 3.08. The minimum absolute atomic E-state index is 0.173. The number of benzene rings is 1. The van der Waals surface area contributed by atoms with Crippen LogP contribution < -0.4 is 0 Å². The first-order chi connectivity index (χ1) is 8.04. The Labute approximate surface area is 103 Å². The minimum Gasteiger partial charge on any atom is -0.478 e. The van der Waals surface area contributed by atoms with Gasteiger partial charge in [0.15, 0.2) is 0 Å². The predicted molar refractivity (Wildman–Crippen MR) is 65.0 cm³/mol. The normalized spacial score (nSPS) is 9.71. The van der Waals surface area contributed by atoms with Crippen molar-refractivity contribution in [3.05, 3.63) is 41.3 Å². The van der Waals surface area contributed by atoms with Gasteiger partial charge in [-0.3, -0.25) is 0 Å². The van der Waals surface area contributed by atoms with Crippen molar-refractivity contribution in [3.8, 4) is 0 Å². The van der Waals surface area contributed by atoms with Gasteiger partial charge in [-0.15, -0.1) is 0 Å². The topological polar surface area (TPSA) is 63.6 Å². The van der Waals surface area contributed by atoms with Gasteiger partial charge >= 0.3 is 11.9 Å². The molecule has 0 saturated heterocycles. The van der Waals surface area contributed by atoms with Crippen molar-refractivity contribution in [1.29, 1.82) is 0 Å². The summed E-state index contributed by atoms with van der Waals surface area (Å²) >= 11 is 1.09. The fourth-order valence-electron chi connectivity index (χ4n) is 1.09. The summed E-state index contributed by atoms with van der Waals surface area (Å²) in [7, 11) is 0. The number of aromatic carboxylic acids is 1. The van der Waals surface area contributed by atoms with E-state index in [1.54, 1.807) is 19.1 Å². The van der Waals surface area contributed by atoms with Crippen molar-refractivity contribution in [2.75, 3.05) is 6.61 Å². The number of rotatable bonds is 5. The van der Waals surface area contributed by atoms with Crippen LogP contribution in [-0.2, 0) is 9.53 Å². The number of carbonyl (C=O) groups is 2. The van der Waals surface area contributed by atoms with Crippen LogP contribution in [0.4, 0.5) is 0 Å². The molecule has 0 saturated carbocycles. The number of hydrogen-bond acceptors (Lipinski definition) is 4. The zero-order valence-corrected chi connectivity index (χ0v) is 10.1. The van der Waals surface area contributed by atoms with E-state index in [4.69, 9.17) is 9.84 Å². The number of hydrogen-bond donors (Lipinski definition) is 1. The second-order valence-corrected chi connectivity index (χ2v) is 4.25. The van der Waals surface area contributed by atoms with Crippen LogP contribution in [0.15, 0.2) is 40.6 Å². The summed E-state index contributed by atoms with van der Waals surface area (Å²) in [5.74, 6) is -1.49. The second kappa shape index (κ2) is 6.10. The Kier molecular flexibility index (Phi) is 4.78. The summed E-state index contributed by atoms with van der Waals surface area (Å²) in [6.45, 7) is 5.58. The molecule has 0 spiro atoms. The molecule has 0 aliphatic heterocycles. The average Bonchev–Trinajstić information content (AvgIpc) is 2.29. The van der Waals surface area contributed by atoms with E-state index >= 15 is 0 Å². The van der Waals surface area contributed by atoms with E-state index < -0.39 is 11.9 Å². The SMILES string of the molecule is C=C(Sc1cccc(C(=O)O)c1)C(=O)OCC. The lowest BCUT2D eigenvalue weighted by Crippen LogP contribution is -2.04. The molecule has 0 heterocycles. The predicted octanol–water partition coefficient (Wildman–Crippen LogP) is 2.55. The highest BCUT2D eigenvalue weighted by atomic mass is 32.2. The molecule has 0 aromatic heterocycles. The molecule has 0 bridgehead atoms. The van der Waals surface area contributed by atoms with Crippen LogP contribution in [0.3, 0.4) is 0 Å². The molecule has 4 nitrogen and oxygen atoms in total. The summed E-state index contributed by atoms with van der Waals surface area (Å²) in [5, 5.41) is 8.81. The molecular weight excluding hydrogens is 240 g/mol. The Balaban J connectivity index is 2.75. The molecule has 0 unspecified atom stereocenters. The zero-order valence-electron chi connectivity index (χ0n) is 9.30. The maximum atomic E-state index is 11.3. The molecule has 0 amide bonds. The van der Waals surface area contributed by atoms with Crippen LogP contribution in [0, 0.1) is 0 Å². The Hall–Kier alpha value is -1.75. The number of thioether (sulfide) groups is 1. The Morgan fingerprint density at radius 1 is 1.47 bits per heavy atom. The van der Waals surface area contributed by atoms with E-state index in [0.29, 0.717) is 4.90 Å². The van der Waals surface area contributed by atoms with Gasteiger partial charge in [-0.1, -0.05) is 24.4 Å². The molecule has 90 valence electrons. The highest BCUT2D eigenvalue weighted by molar-refractivity contribution is 8.04. The number of esters is 1. The van der Waals surface area contributed by atoms with E-state index in [0.717, 1.165) is 11.8 Å². The van der Waals surface area contributed by atoms with E-state index in [2.05, 4.69) is 6.58 Å². The standard InChI is InChI=1S/C12H12O4S/c1-3-16-12(15)8(2)17-10-6-4-5-9(7-10)11(13)14/h4-7H,2-3H2,1H3,(H,13,14). The largest absolute Gasteiger partial charge is 0.478 e. The Morgan fingerprint density at radius 3 is 2.76 bits per heavy atom. The van der Waals surface area contributed by atoms with Gasteiger partial charge in [-0.25, -0.2) is 9.59 Å². The third-order valence-electron chi connectivity index (χ3n) is 1.83. The first kappa shape index (κ1) is 13.3. The maximum absolute atomic E-state index is 11.3. The molecular formula is C12H12O4S. The number of ether oxygens (including phenoxy) is 1. The van der Waals surface area contributed by atoms with Gasteiger partial charge in [-0.05, 0) is 25.1 Å². The van der Waals surface area contributed by atoms with Gasteiger partial charge in [0.25, 0.3) is 0 Å². The molecule has 5 heteroatoms. The van der Waals surface area contributed by atoms with E-state index in [1.807, 2.05) is 0 Å². The van der Waals surface area contributed by atoms with E-state index in [1.165, 1.54) is 12.1 Å². The van der Waals surface area contributed by atoms with Crippen molar-refractivity contribution < 1.29 is 19.4 Å². The van der Waals surface area contributed by atoms with E-state index in [9.17, 15) is 9.59 Å². The lowest BCUT2D eigenvalue weighted by molar-refractivity contribution is -0.137. The molecule has 17 heavy (non-hydrogen) atoms. The molecule has 1 N–H and O–H groups in total. The average molecular weight is 252 g/mol. The molecule has 1 rings (SSSR count). The third-order valence-corrected chi connectivity index (χ3v) is 2.73. The third kappa shape index (κ3) is 3.96. The fourth-order valence-corrected chi connectivity index (χ4v) is 1.85. The Bertz CT molecular complexity index is 454. The Morgan fingerprint density at radius 2 is 2.18 bits per heavy atom. The van der Waals surface area contributed by atoms with Crippen LogP contribution in [-0.4, -0.2) is 23.7 Å². The molecule has 0 radical (unpaired) electrons. The molecule has 0 atom stereocenters. The maximum Gasteiger partial charge on any atom is 0.344 e. The van der Waals surface area contributed by atoms with Gasteiger partial charge < -0.3 is 9.84 Å². The van der Waals surface area contributed by atoms with Crippen molar-refractivity contribution in [2.45, 2.75) is 11.8 Å². The number of carboxylic acid groups (broad SMARTS) is 1. The number of carbonyl (C=O) groups excluding carboxylic acids is 1. The summed E-state index contributed by atoms with van der Waals surface area (Å²) in [6.07, 6.45) is 0.